The molecule has 0 radical (unpaired) electrons. The van der Waals surface area contributed by atoms with Crippen LogP contribution in [0.5, 0.6) is 0 Å². The highest BCUT2D eigenvalue weighted by Gasteiger charge is 2.52. The Morgan fingerprint density at radius 1 is 1.06 bits per heavy atom. The standard InChI is InChI=1S/C25H24BrFN4O2/c26-18-12-16-17-13-21-24(32)30(11-10-29-8-4-5-9-29)25(33)31(21)23(15-6-2-1-3-7-15)22(17)28-20(16)14-19(18)27/h1-3,6-7,12,14,21,23,28H,4-5,8-11,13H2. The summed E-state index contributed by atoms with van der Waals surface area (Å²) in [7, 11) is 0. The average molecular weight is 511 g/mol. The van der Waals surface area contributed by atoms with Crippen LogP contribution in [0.1, 0.15) is 35.7 Å². The molecule has 170 valence electrons. The molecule has 3 aliphatic rings. The number of imide groups is 1. The maximum Gasteiger partial charge on any atom is 0.328 e. The van der Waals surface area contributed by atoms with Gasteiger partial charge >= 0.3 is 6.03 Å². The van der Waals surface area contributed by atoms with Gasteiger partial charge in [-0.15, -0.1) is 0 Å². The number of aromatic amines is 1. The number of carbonyl (C=O) groups excluding carboxylic acids is 2. The van der Waals surface area contributed by atoms with Crippen LogP contribution in [0.25, 0.3) is 10.9 Å². The largest absolute Gasteiger partial charge is 0.356 e. The Labute approximate surface area is 199 Å². The van der Waals surface area contributed by atoms with Gasteiger partial charge in [-0.3, -0.25) is 14.6 Å². The Bertz CT molecular complexity index is 1250. The first kappa shape index (κ1) is 20.9. The molecule has 0 aliphatic carbocycles. The number of hydrogen-bond acceptors (Lipinski definition) is 3. The van der Waals surface area contributed by atoms with Gasteiger partial charge in [0.05, 0.1) is 4.47 Å². The molecule has 2 saturated heterocycles. The molecule has 3 aromatic rings. The van der Waals surface area contributed by atoms with E-state index in [2.05, 4.69) is 25.8 Å². The number of carbonyl (C=O) groups is 2. The zero-order valence-electron chi connectivity index (χ0n) is 18.1. The zero-order valence-corrected chi connectivity index (χ0v) is 19.6. The second-order valence-corrected chi connectivity index (χ2v) is 9.95. The van der Waals surface area contributed by atoms with E-state index in [4.69, 9.17) is 0 Å². The third-order valence-corrected chi connectivity index (χ3v) is 7.83. The average Bonchev–Trinajstić information content (AvgIpc) is 3.51. The lowest BCUT2D eigenvalue weighted by Gasteiger charge is -2.36. The third-order valence-electron chi connectivity index (χ3n) is 7.22. The Morgan fingerprint density at radius 2 is 1.82 bits per heavy atom. The van der Waals surface area contributed by atoms with Crippen LogP contribution in [-0.4, -0.2) is 63.8 Å². The first-order chi connectivity index (χ1) is 16.0. The summed E-state index contributed by atoms with van der Waals surface area (Å²) in [6.45, 7) is 3.18. The van der Waals surface area contributed by atoms with Crippen LogP contribution in [0.2, 0.25) is 0 Å². The van der Waals surface area contributed by atoms with Gasteiger partial charge in [0.25, 0.3) is 5.91 Å². The fourth-order valence-corrected chi connectivity index (χ4v) is 5.95. The van der Waals surface area contributed by atoms with Crippen molar-refractivity contribution in [3.05, 3.63) is 69.6 Å². The number of aromatic nitrogens is 1. The topological polar surface area (TPSA) is 59.7 Å². The van der Waals surface area contributed by atoms with Crippen molar-refractivity contribution in [3.8, 4) is 0 Å². The first-order valence-corrected chi connectivity index (χ1v) is 12.2. The van der Waals surface area contributed by atoms with Crippen LogP contribution in [0.4, 0.5) is 9.18 Å². The molecule has 2 fully saturated rings. The number of likely N-dealkylation sites (tertiary alicyclic amines) is 1. The van der Waals surface area contributed by atoms with Crippen molar-refractivity contribution in [2.75, 3.05) is 26.2 Å². The van der Waals surface area contributed by atoms with Crippen LogP contribution in [0.3, 0.4) is 0 Å². The van der Waals surface area contributed by atoms with Crippen LogP contribution in [-0.2, 0) is 11.2 Å². The van der Waals surface area contributed by atoms with E-state index in [9.17, 15) is 14.0 Å². The van der Waals surface area contributed by atoms with Crippen LogP contribution in [0.15, 0.2) is 46.9 Å². The highest BCUT2D eigenvalue weighted by Crippen LogP contribution is 2.44. The van der Waals surface area contributed by atoms with Gasteiger partial charge in [-0.2, -0.15) is 0 Å². The van der Waals surface area contributed by atoms with Crippen molar-refractivity contribution < 1.29 is 14.0 Å². The monoisotopic (exact) mass is 510 g/mol. The molecule has 6 nitrogen and oxygen atoms in total. The summed E-state index contributed by atoms with van der Waals surface area (Å²) in [6, 6.07) is 11.8. The lowest BCUT2D eigenvalue weighted by Crippen LogP contribution is -2.44. The van der Waals surface area contributed by atoms with Gasteiger partial charge in [0, 0.05) is 36.1 Å². The van der Waals surface area contributed by atoms with Crippen molar-refractivity contribution in [2.45, 2.75) is 31.3 Å². The van der Waals surface area contributed by atoms with Gasteiger partial charge in [0.1, 0.15) is 17.9 Å². The predicted molar refractivity (Wildman–Crippen MR) is 126 cm³/mol. The van der Waals surface area contributed by atoms with E-state index < -0.39 is 12.1 Å². The van der Waals surface area contributed by atoms with Gasteiger partial charge in [-0.05, 0) is 65.1 Å². The van der Waals surface area contributed by atoms with Crippen molar-refractivity contribution in [1.82, 2.24) is 19.7 Å². The third kappa shape index (κ3) is 3.30. The van der Waals surface area contributed by atoms with Gasteiger partial charge in [-0.1, -0.05) is 30.3 Å². The normalized spacial score (nSPS) is 23.0. The van der Waals surface area contributed by atoms with E-state index in [1.54, 1.807) is 11.0 Å². The van der Waals surface area contributed by atoms with Crippen LogP contribution in [0, 0.1) is 5.82 Å². The number of benzene rings is 2. The van der Waals surface area contributed by atoms with Gasteiger partial charge in [-0.25, -0.2) is 9.18 Å². The number of rotatable bonds is 4. The number of nitrogens with zero attached hydrogens (tertiary/aromatic N) is 3. The number of fused-ring (bicyclic) bond motifs is 4. The van der Waals surface area contributed by atoms with E-state index in [1.807, 2.05) is 30.3 Å². The van der Waals surface area contributed by atoms with E-state index in [0.29, 0.717) is 29.5 Å². The Balaban J connectivity index is 1.43. The Hall–Kier alpha value is -2.71. The minimum atomic E-state index is -0.559. The van der Waals surface area contributed by atoms with E-state index in [0.717, 1.165) is 35.3 Å². The molecule has 1 N–H and O–H groups in total. The highest BCUT2D eigenvalue weighted by molar-refractivity contribution is 9.10. The van der Waals surface area contributed by atoms with Gasteiger partial charge in [0.15, 0.2) is 0 Å². The summed E-state index contributed by atoms with van der Waals surface area (Å²) in [5.41, 5.74) is 3.43. The maximum absolute atomic E-state index is 14.3. The minimum absolute atomic E-state index is 0.138. The summed E-state index contributed by atoms with van der Waals surface area (Å²) in [6.07, 6.45) is 2.76. The zero-order chi connectivity index (χ0) is 22.7. The first-order valence-electron chi connectivity index (χ1n) is 11.4. The Morgan fingerprint density at radius 3 is 2.58 bits per heavy atom. The molecule has 2 aromatic carbocycles. The maximum atomic E-state index is 14.3. The molecule has 0 bridgehead atoms. The number of nitrogens with one attached hydrogen (secondary N) is 1. The summed E-state index contributed by atoms with van der Waals surface area (Å²) in [5.74, 6) is -0.487. The van der Waals surface area contributed by atoms with Gasteiger partial charge in [0.2, 0.25) is 0 Å². The number of urea groups is 1. The molecule has 0 saturated carbocycles. The fourth-order valence-electron chi connectivity index (χ4n) is 5.61. The quantitative estimate of drug-likeness (QED) is 0.527. The lowest BCUT2D eigenvalue weighted by molar-refractivity contribution is -0.128. The smallest absolute Gasteiger partial charge is 0.328 e. The lowest BCUT2D eigenvalue weighted by atomic mass is 9.89. The molecule has 3 aliphatic heterocycles. The number of hydrogen-bond donors (Lipinski definition) is 1. The van der Waals surface area contributed by atoms with Crippen molar-refractivity contribution >= 4 is 38.8 Å². The summed E-state index contributed by atoms with van der Waals surface area (Å²) in [4.78, 5) is 35.9. The van der Waals surface area contributed by atoms with Crippen molar-refractivity contribution in [1.29, 1.82) is 0 Å². The van der Waals surface area contributed by atoms with Crippen LogP contribution < -0.4 is 0 Å². The van der Waals surface area contributed by atoms with E-state index >= 15 is 0 Å². The molecule has 3 amide bonds. The van der Waals surface area contributed by atoms with Gasteiger partial charge < -0.3 is 9.88 Å². The predicted octanol–water partition coefficient (Wildman–Crippen LogP) is 4.44. The fraction of sp³-hybridized carbons (Fsp3) is 0.360. The molecule has 2 unspecified atom stereocenters. The second-order valence-electron chi connectivity index (χ2n) is 9.09. The second kappa shape index (κ2) is 7.95. The van der Waals surface area contributed by atoms with E-state index in [-0.39, 0.29) is 17.8 Å². The molecule has 4 heterocycles. The SMILES string of the molecule is O=C1C2Cc3c([nH]c4cc(F)c(Br)cc34)C(c3ccccc3)N2C(=O)N1CCN1CCCC1. The summed E-state index contributed by atoms with van der Waals surface area (Å²) >= 11 is 3.30. The molecular weight excluding hydrogens is 487 g/mol. The molecular formula is C25H24BrFN4O2. The molecule has 6 rings (SSSR count). The number of halogens is 2. The number of H-pyrrole nitrogens is 1. The molecule has 1 aromatic heterocycles. The molecule has 33 heavy (non-hydrogen) atoms. The van der Waals surface area contributed by atoms with Crippen molar-refractivity contribution in [2.24, 2.45) is 0 Å². The molecule has 2 atom stereocenters. The van der Waals surface area contributed by atoms with Crippen molar-refractivity contribution in [3.63, 3.8) is 0 Å². The molecule has 0 spiro atoms. The number of amides is 3. The summed E-state index contributed by atoms with van der Waals surface area (Å²) < 4.78 is 14.6. The summed E-state index contributed by atoms with van der Waals surface area (Å²) in [5, 5.41) is 0.884. The highest BCUT2D eigenvalue weighted by atomic mass is 79.9. The Kier molecular flexibility index (Phi) is 5.03. The minimum Gasteiger partial charge on any atom is -0.356 e. The van der Waals surface area contributed by atoms with E-state index in [1.165, 1.54) is 23.8 Å². The van der Waals surface area contributed by atoms with Crippen LogP contribution >= 0.6 is 15.9 Å². The molecule has 8 heteroatoms.